The molecule has 0 radical (unpaired) electrons. The van der Waals surface area contributed by atoms with Gasteiger partial charge in [-0.1, -0.05) is 12.1 Å². The first-order valence-electron chi connectivity index (χ1n) is 8.93. The van der Waals surface area contributed by atoms with Crippen molar-refractivity contribution < 1.29 is 22.8 Å². The molecule has 1 heterocycles. The molecule has 0 aromatic heterocycles. The maximum Gasteiger partial charge on any atom is 0.416 e. The average molecular weight is 394 g/mol. The molecule has 1 aromatic carbocycles. The number of aliphatic imine (C=N–C) groups is 1. The Bertz CT molecular complexity index is 831. The van der Waals surface area contributed by atoms with Crippen LogP contribution in [-0.2, 0) is 22.3 Å². The van der Waals surface area contributed by atoms with Gasteiger partial charge in [0, 0.05) is 24.9 Å². The van der Waals surface area contributed by atoms with E-state index in [9.17, 15) is 22.8 Å². The highest BCUT2D eigenvalue weighted by Gasteiger charge is 2.40. The van der Waals surface area contributed by atoms with Gasteiger partial charge in [-0.05, 0) is 43.4 Å². The molecule has 0 bridgehead atoms. The Hall–Kier alpha value is -2.84. The number of rotatable bonds is 6. The third kappa shape index (κ3) is 4.90. The van der Waals surface area contributed by atoms with Crippen LogP contribution in [0.25, 0.3) is 0 Å². The zero-order valence-electron chi connectivity index (χ0n) is 15.3. The number of hydrogen-bond acceptors (Lipinski definition) is 4. The molecule has 1 saturated carbocycles. The lowest BCUT2D eigenvalue weighted by Gasteiger charge is -2.33. The smallest absolute Gasteiger partial charge is 0.353 e. The van der Waals surface area contributed by atoms with Crippen molar-refractivity contribution in [3.05, 3.63) is 47.3 Å². The van der Waals surface area contributed by atoms with Crippen LogP contribution in [0.2, 0.25) is 0 Å². The summed E-state index contributed by atoms with van der Waals surface area (Å²) in [5.41, 5.74) is -1.50. The Morgan fingerprint density at radius 3 is 2.71 bits per heavy atom. The maximum atomic E-state index is 12.8. The second-order valence-corrected chi connectivity index (χ2v) is 7.10. The van der Waals surface area contributed by atoms with E-state index in [2.05, 4.69) is 20.9 Å². The monoisotopic (exact) mass is 394 g/mol. The van der Waals surface area contributed by atoms with Gasteiger partial charge in [-0.15, -0.1) is 0 Å². The van der Waals surface area contributed by atoms with Gasteiger partial charge < -0.3 is 16.0 Å². The van der Waals surface area contributed by atoms with E-state index in [1.165, 1.54) is 24.5 Å². The lowest BCUT2D eigenvalue weighted by Crippen LogP contribution is -2.68. The topological polar surface area (TPSA) is 82.6 Å². The highest BCUT2D eigenvalue weighted by molar-refractivity contribution is 6.06. The van der Waals surface area contributed by atoms with Gasteiger partial charge in [-0.25, -0.2) is 0 Å². The third-order valence-corrected chi connectivity index (χ3v) is 4.50. The number of carbonyl (C=O) groups excluding carboxylic acids is 2. The minimum Gasteiger partial charge on any atom is -0.353 e. The Morgan fingerprint density at radius 2 is 2.07 bits per heavy atom. The van der Waals surface area contributed by atoms with Crippen LogP contribution in [0.5, 0.6) is 0 Å². The standard InChI is InChI=1S/C19H21F3N4O2/c1-12-9-23-11-18(25-12,26-16(27)8-13-5-6-13)17(28)24-10-14-3-2-4-15(7-14)19(20,21)22/h2-4,7,9,11,13,25H,5-6,8,10H2,1H3,(H,24,28)(H,26,27). The van der Waals surface area contributed by atoms with Gasteiger partial charge in [-0.2, -0.15) is 13.2 Å². The molecule has 150 valence electrons. The summed E-state index contributed by atoms with van der Waals surface area (Å²) in [6.07, 6.45) is 0.626. The minimum absolute atomic E-state index is 0.124. The van der Waals surface area contributed by atoms with Gasteiger partial charge in [-0.3, -0.25) is 14.6 Å². The van der Waals surface area contributed by atoms with Gasteiger partial charge in [0.15, 0.2) is 0 Å². The van der Waals surface area contributed by atoms with Crippen LogP contribution in [0.3, 0.4) is 0 Å². The number of benzene rings is 1. The molecular formula is C19H21F3N4O2. The van der Waals surface area contributed by atoms with Crippen molar-refractivity contribution in [2.75, 3.05) is 0 Å². The molecular weight excluding hydrogens is 373 g/mol. The van der Waals surface area contributed by atoms with Crippen LogP contribution in [0.15, 0.2) is 41.2 Å². The fourth-order valence-electron chi connectivity index (χ4n) is 2.91. The molecule has 6 nitrogen and oxygen atoms in total. The van der Waals surface area contributed by atoms with E-state index in [1.807, 2.05) is 0 Å². The third-order valence-electron chi connectivity index (χ3n) is 4.50. The second kappa shape index (κ2) is 7.65. The van der Waals surface area contributed by atoms with Crippen LogP contribution in [0, 0.1) is 5.92 Å². The Morgan fingerprint density at radius 1 is 1.32 bits per heavy atom. The fourth-order valence-corrected chi connectivity index (χ4v) is 2.91. The van der Waals surface area contributed by atoms with Gasteiger partial charge >= 0.3 is 6.18 Å². The number of allylic oxidation sites excluding steroid dienone is 1. The molecule has 9 heteroatoms. The summed E-state index contributed by atoms with van der Waals surface area (Å²) < 4.78 is 38.5. The van der Waals surface area contributed by atoms with Crippen LogP contribution >= 0.6 is 0 Å². The summed E-state index contributed by atoms with van der Waals surface area (Å²) in [4.78, 5) is 29.1. The van der Waals surface area contributed by atoms with Crippen molar-refractivity contribution in [2.24, 2.45) is 10.9 Å². The summed E-state index contributed by atoms with van der Waals surface area (Å²) in [6.45, 7) is 1.57. The summed E-state index contributed by atoms with van der Waals surface area (Å²) >= 11 is 0. The number of nitrogens with zero attached hydrogens (tertiary/aromatic N) is 1. The van der Waals surface area contributed by atoms with Crippen molar-refractivity contribution in [2.45, 2.75) is 44.6 Å². The first-order valence-corrected chi connectivity index (χ1v) is 8.93. The normalized spacial score (nSPS) is 21.5. The second-order valence-electron chi connectivity index (χ2n) is 7.10. The van der Waals surface area contributed by atoms with E-state index >= 15 is 0 Å². The molecule has 1 aliphatic carbocycles. The highest BCUT2D eigenvalue weighted by Crippen LogP contribution is 2.32. The predicted octanol–water partition coefficient (Wildman–Crippen LogP) is 2.47. The molecule has 1 atom stereocenters. The van der Waals surface area contributed by atoms with Gasteiger partial charge in [0.25, 0.3) is 5.91 Å². The molecule has 1 unspecified atom stereocenters. The van der Waals surface area contributed by atoms with Crippen LogP contribution < -0.4 is 16.0 Å². The molecule has 3 N–H and O–H groups in total. The Labute approximate surface area is 160 Å². The van der Waals surface area contributed by atoms with Crippen molar-refractivity contribution in [3.63, 3.8) is 0 Å². The number of hydrogen-bond donors (Lipinski definition) is 3. The van der Waals surface area contributed by atoms with E-state index in [0.717, 1.165) is 25.0 Å². The predicted molar refractivity (Wildman–Crippen MR) is 96.9 cm³/mol. The summed E-state index contributed by atoms with van der Waals surface area (Å²) in [5, 5.41) is 8.17. The Balaban J connectivity index is 1.70. The summed E-state index contributed by atoms with van der Waals surface area (Å²) in [7, 11) is 0. The number of halogens is 3. The first kappa shape index (κ1) is 19.9. The molecule has 1 fully saturated rings. The number of amides is 2. The first-order chi connectivity index (χ1) is 13.2. The zero-order chi connectivity index (χ0) is 20.4. The van der Waals surface area contributed by atoms with Crippen LogP contribution in [-0.4, -0.2) is 23.7 Å². The number of nitrogens with one attached hydrogen (secondary N) is 3. The minimum atomic E-state index is -4.46. The lowest BCUT2D eigenvalue weighted by molar-refractivity contribution is -0.137. The number of carbonyl (C=O) groups is 2. The molecule has 28 heavy (non-hydrogen) atoms. The molecule has 1 aromatic rings. The quantitative estimate of drug-likeness (QED) is 0.693. The van der Waals surface area contributed by atoms with Crippen LogP contribution in [0.1, 0.15) is 37.3 Å². The Kier molecular flexibility index (Phi) is 5.44. The molecule has 0 spiro atoms. The van der Waals surface area contributed by atoms with Crippen molar-refractivity contribution in [1.29, 1.82) is 0 Å². The molecule has 1 aliphatic heterocycles. The number of alkyl halides is 3. The SMILES string of the molecule is CC1=CN=CC(NC(=O)CC2CC2)(C(=O)NCc2cccc(C(F)(F)F)c2)N1. The molecule has 0 saturated heterocycles. The van der Waals surface area contributed by atoms with E-state index in [4.69, 9.17) is 0 Å². The molecule has 2 aliphatic rings. The van der Waals surface area contributed by atoms with Gasteiger partial charge in [0.05, 0.1) is 11.8 Å². The van der Waals surface area contributed by atoms with Gasteiger partial charge in [0.2, 0.25) is 11.6 Å². The van der Waals surface area contributed by atoms with Crippen molar-refractivity contribution in [3.8, 4) is 0 Å². The average Bonchev–Trinajstić information content (AvgIpc) is 3.43. The molecule has 3 rings (SSSR count). The van der Waals surface area contributed by atoms with Gasteiger partial charge in [0.1, 0.15) is 0 Å². The van der Waals surface area contributed by atoms with E-state index in [1.54, 1.807) is 6.92 Å². The lowest BCUT2D eigenvalue weighted by atomic mass is 10.1. The summed E-state index contributed by atoms with van der Waals surface area (Å²) in [6, 6.07) is 4.71. The van der Waals surface area contributed by atoms with E-state index < -0.39 is 23.3 Å². The zero-order valence-corrected chi connectivity index (χ0v) is 15.3. The maximum absolute atomic E-state index is 12.8. The van der Waals surface area contributed by atoms with Crippen LogP contribution in [0.4, 0.5) is 13.2 Å². The van der Waals surface area contributed by atoms with E-state index in [0.29, 0.717) is 23.6 Å². The fraction of sp³-hybridized carbons (Fsp3) is 0.421. The highest BCUT2D eigenvalue weighted by atomic mass is 19.4. The largest absolute Gasteiger partial charge is 0.416 e. The van der Waals surface area contributed by atoms with E-state index in [-0.39, 0.29) is 12.5 Å². The summed E-state index contributed by atoms with van der Waals surface area (Å²) in [5.74, 6) is -0.557. The van der Waals surface area contributed by atoms with Crippen molar-refractivity contribution in [1.82, 2.24) is 16.0 Å². The van der Waals surface area contributed by atoms with Crippen molar-refractivity contribution >= 4 is 18.0 Å². The molecule has 2 amide bonds.